The van der Waals surface area contributed by atoms with E-state index in [1.807, 2.05) is 0 Å². The summed E-state index contributed by atoms with van der Waals surface area (Å²) in [7, 11) is -3.04. The highest BCUT2D eigenvalue weighted by atomic mass is 32.2. The Bertz CT molecular complexity index is 511. The maximum Gasteiger partial charge on any atom is 0.315 e. The van der Waals surface area contributed by atoms with Crippen LogP contribution in [0.3, 0.4) is 0 Å². The summed E-state index contributed by atoms with van der Waals surface area (Å²) in [4.78, 5) is 23.3. The quantitative estimate of drug-likeness (QED) is 0.699. The Labute approximate surface area is 124 Å². The molecule has 21 heavy (non-hydrogen) atoms. The van der Waals surface area contributed by atoms with Gasteiger partial charge in [0, 0.05) is 12.6 Å². The molecule has 0 bridgehead atoms. The number of amides is 2. The van der Waals surface area contributed by atoms with Crippen molar-refractivity contribution < 1.29 is 23.1 Å². The highest BCUT2D eigenvalue weighted by molar-refractivity contribution is 7.91. The molecule has 8 heteroatoms. The Morgan fingerprint density at radius 1 is 1.19 bits per heavy atom. The monoisotopic (exact) mass is 318 g/mol. The van der Waals surface area contributed by atoms with Gasteiger partial charge < -0.3 is 15.7 Å². The molecule has 1 saturated carbocycles. The van der Waals surface area contributed by atoms with Gasteiger partial charge in [-0.3, -0.25) is 4.79 Å². The highest BCUT2D eigenvalue weighted by Crippen LogP contribution is 2.35. The van der Waals surface area contributed by atoms with Crippen LogP contribution in [0.1, 0.15) is 38.5 Å². The van der Waals surface area contributed by atoms with Crippen LogP contribution in [0, 0.1) is 5.41 Å². The predicted octanol–water partition coefficient (Wildman–Crippen LogP) is 0.508. The molecular weight excluding hydrogens is 296 g/mol. The molecule has 2 fully saturated rings. The molecule has 2 aliphatic rings. The molecular formula is C13H22N2O5S. The molecule has 1 aliphatic heterocycles. The van der Waals surface area contributed by atoms with Crippen LogP contribution in [0.15, 0.2) is 0 Å². The molecule has 0 aromatic carbocycles. The summed E-state index contributed by atoms with van der Waals surface area (Å²) in [6.45, 7) is 0.0909. The van der Waals surface area contributed by atoms with E-state index in [4.69, 9.17) is 0 Å². The van der Waals surface area contributed by atoms with Gasteiger partial charge >= 0.3 is 12.0 Å². The molecule has 0 aromatic heterocycles. The number of nitrogens with one attached hydrogen (secondary N) is 2. The average Bonchev–Trinajstić information content (AvgIpc) is 2.76. The Balaban J connectivity index is 1.84. The van der Waals surface area contributed by atoms with E-state index in [2.05, 4.69) is 10.6 Å². The lowest BCUT2D eigenvalue weighted by molar-refractivity contribution is -0.150. The molecule has 1 heterocycles. The lowest BCUT2D eigenvalue weighted by atomic mass is 9.74. The van der Waals surface area contributed by atoms with Gasteiger partial charge in [-0.1, -0.05) is 19.3 Å². The zero-order valence-corrected chi connectivity index (χ0v) is 12.7. The Morgan fingerprint density at radius 2 is 1.86 bits per heavy atom. The van der Waals surface area contributed by atoms with E-state index in [1.165, 1.54) is 0 Å². The van der Waals surface area contributed by atoms with Gasteiger partial charge in [-0.2, -0.15) is 0 Å². The Hall–Kier alpha value is -1.31. The number of sulfone groups is 1. The zero-order chi connectivity index (χ0) is 15.5. The second-order valence-electron chi connectivity index (χ2n) is 6.07. The van der Waals surface area contributed by atoms with Crippen LogP contribution >= 0.6 is 0 Å². The first-order valence-corrected chi connectivity index (χ1v) is 9.13. The maximum absolute atomic E-state index is 11.8. The Morgan fingerprint density at radius 3 is 2.38 bits per heavy atom. The lowest BCUT2D eigenvalue weighted by Crippen LogP contribution is -2.49. The minimum atomic E-state index is -3.04. The SMILES string of the molecule is O=C(NCC1(C(=O)O)CCCCC1)NC1CCS(=O)(=O)C1. The fraction of sp³-hybridized carbons (Fsp3) is 0.846. The second-order valence-corrected chi connectivity index (χ2v) is 8.30. The summed E-state index contributed by atoms with van der Waals surface area (Å²) in [6.07, 6.45) is 4.30. The molecule has 7 nitrogen and oxygen atoms in total. The van der Waals surface area contributed by atoms with Crippen molar-refractivity contribution >= 4 is 21.8 Å². The zero-order valence-electron chi connectivity index (χ0n) is 11.9. The fourth-order valence-corrected chi connectivity index (χ4v) is 4.76. The predicted molar refractivity (Wildman–Crippen MR) is 76.7 cm³/mol. The van der Waals surface area contributed by atoms with Gasteiger partial charge in [0.2, 0.25) is 0 Å². The first-order valence-electron chi connectivity index (χ1n) is 7.31. The molecule has 0 aromatic rings. The number of hydrogen-bond donors (Lipinski definition) is 3. The van der Waals surface area contributed by atoms with Crippen LogP contribution < -0.4 is 10.6 Å². The number of carboxylic acid groups (broad SMARTS) is 1. The van der Waals surface area contributed by atoms with Crippen LogP contribution in [-0.4, -0.2) is 49.6 Å². The number of carbonyl (C=O) groups is 2. The van der Waals surface area contributed by atoms with Gasteiger partial charge in [0.1, 0.15) is 0 Å². The van der Waals surface area contributed by atoms with Crippen molar-refractivity contribution in [3.8, 4) is 0 Å². The van der Waals surface area contributed by atoms with E-state index in [0.717, 1.165) is 19.3 Å². The molecule has 120 valence electrons. The number of carbonyl (C=O) groups excluding carboxylic acids is 1. The summed E-state index contributed by atoms with van der Waals surface area (Å²) in [6, 6.07) is -0.856. The third-order valence-electron chi connectivity index (χ3n) is 4.42. The van der Waals surface area contributed by atoms with E-state index >= 15 is 0 Å². The number of rotatable bonds is 4. The average molecular weight is 318 g/mol. The second kappa shape index (κ2) is 6.21. The first-order chi connectivity index (χ1) is 9.83. The van der Waals surface area contributed by atoms with Crippen molar-refractivity contribution in [3.05, 3.63) is 0 Å². The van der Waals surface area contributed by atoms with Crippen LogP contribution in [-0.2, 0) is 14.6 Å². The molecule has 1 atom stereocenters. The van der Waals surface area contributed by atoms with Crippen molar-refractivity contribution in [2.75, 3.05) is 18.1 Å². The summed E-state index contributed by atoms with van der Waals surface area (Å²) >= 11 is 0. The number of aliphatic carboxylic acids is 1. The summed E-state index contributed by atoms with van der Waals surface area (Å²) in [5, 5.41) is 14.6. The van der Waals surface area contributed by atoms with Gasteiger partial charge in [-0.05, 0) is 19.3 Å². The largest absolute Gasteiger partial charge is 0.481 e. The molecule has 0 spiro atoms. The lowest BCUT2D eigenvalue weighted by Gasteiger charge is -2.33. The summed E-state index contributed by atoms with van der Waals surface area (Å²) in [5.41, 5.74) is -0.878. The smallest absolute Gasteiger partial charge is 0.315 e. The van der Waals surface area contributed by atoms with E-state index in [-0.39, 0.29) is 24.1 Å². The van der Waals surface area contributed by atoms with Crippen molar-refractivity contribution in [1.82, 2.24) is 10.6 Å². The van der Waals surface area contributed by atoms with E-state index in [0.29, 0.717) is 19.3 Å². The van der Waals surface area contributed by atoms with Crippen molar-refractivity contribution in [2.45, 2.75) is 44.6 Å². The minimum Gasteiger partial charge on any atom is -0.481 e. The minimum absolute atomic E-state index is 0.0372. The van der Waals surface area contributed by atoms with Gasteiger partial charge in [-0.15, -0.1) is 0 Å². The molecule has 1 unspecified atom stereocenters. The molecule has 2 amide bonds. The van der Waals surface area contributed by atoms with Crippen LogP contribution in [0.2, 0.25) is 0 Å². The van der Waals surface area contributed by atoms with E-state index in [1.54, 1.807) is 0 Å². The molecule has 1 saturated heterocycles. The van der Waals surface area contributed by atoms with Crippen molar-refractivity contribution in [3.63, 3.8) is 0 Å². The van der Waals surface area contributed by atoms with Gasteiger partial charge in [0.25, 0.3) is 0 Å². The summed E-state index contributed by atoms with van der Waals surface area (Å²) < 4.78 is 22.6. The van der Waals surface area contributed by atoms with Crippen molar-refractivity contribution in [1.29, 1.82) is 0 Å². The normalized spacial score (nSPS) is 27.0. The molecule has 3 N–H and O–H groups in total. The molecule has 0 radical (unpaired) electrons. The van der Waals surface area contributed by atoms with Crippen LogP contribution in [0.25, 0.3) is 0 Å². The number of urea groups is 1. The maximum atomic E-state index is 11.8. The molecule has 2 rings (SSSR count). The fourth-order valence-electron chi connectivity index (χ4n) is 3.09. The molecule has 1 aliphatic carbocycles. The first kappa shape index (κ1) is 16.1. The van der Waals surface area contributed by atoms with E-state index < -0.39 is 27.3 Å². The van der Waals surface area contributed by atoms with E-state index in [9.17, 15) is 23.1 Å². The van der Waals surface area contributed by atoms with Crippen LogP contribution in [0.4, 0.5) is 4.79 Å². The number of hydrogen-bond acceptors (Lipinski definition) is 4. The third-order valence-corrected chi connectivity index (χ3v) is 6.19. The van der Waals surface area contributed by atoms with Gasteiger partial charge in [0.15, 0.2) is 9.84 Å². The van der Waals surface area contributed by atoms with Crippen molar-refractivity contribution in [2.24, 2.45) is 5.41 Å². The topological polar surface area (TPSA) is 113 Å². The standard InChI is InChI=1S/C13H22N2O5S/c16-11(17)13(5-2-1-3-6-13)9-14-12(18)15-10-4-7-21(19,20)8-10/h10H,1-9H2,(H,16,17)(H2,14,15,18). The van der Waals surface area contributed by atoms with Gasteiger partial charge in [-0.25, -0.2) is 13.2 Å². The number of carboxylic acids is 1. The highest BCUT2D eigenvalue weighted by Gasteiger charge is 2.40. The Kier molecular flexibility index (Phi) is 4.75. The van der Waals surface area contributed by atoms with Gasteiger partial charge in [0.05, 0.1) is 16.9 Å². The third kappa shape index (κ3) is 4.09. The summed E-state index contributed by atoms with van der Waals surface area (Å²) in [5.74, 6) is -0.812. The van der Waals surface area contributed by atoms with Crippen LogP contribution in [0.5, 0.6) is 0 Å².